The Morgan fingerprint density at radius 2 is 1.89 bits per heavy atom. The molecule has 0 unspecified atom stereocenters. The van der Waals surface area contributed by atoms with E-state index in [-0.39, 0.29) is 18.8 Å². The van der Waals surface area contributed by atoms with E-state index in [1.54, 1.807) is 6.92 Å². The van der Waals surface area contributed by atoms with Gasteiger partial charge in [0.25, 0.3) is 0 Å². The molecule has 0 aliphatic rings. The highest BCUT2D eigenvalue weighted by Gasteiger charge is 2.36. The molecular formula is C11H14ClF4NO. The van der Waals surface area contributed by atoms with Gasteiger partial charge in [0, 0.05) is 11.6 Å². The van der Waals surface area contributed by atoms with E-state index in [0.29, 0.717) is 18.6 Å². The highest BCUT2D eigenvalue weighted by atomic mass is 35.5. The largest absolute Gasteiger partial charge is 0.505 e. The third-order valence-electron chi connectivity index (χ3n) is 2.44. The van der Waals surface area contributed by atoms with E-state index in [4.69, 9.17) is 5.73 Å². The van der Waals surface area contributed by atoms with Crippen LogP contribution in [-0.2, 0) is 6.18 Å². The molecule has 1 aromatic rings. The molecule has 0 spiro atoms. The number of alkyl halides is 3. The quantitative estimate of drug-likeness (QED) is 0.831. The van der Waals surface area contributed by atoms with Gasteiger partial charge in [-0.3, -0.25) is 0 Å². The summed E-state index contributed by atoms with van der Waals surface area (Å²) in [5.74, 6) is -2.11. The van der Waals surface area contributed by atoms with Crippen molar-refractivity contribution in [2.24, 2.45) is 5.73 Å². The Labute approximate surface area is 108 Å². The second-order valence-electron chi connectivity index (χ2n) is 3.75. The van der Waals surface area contributed by atoms with E-state index in [0.717, 1.165) is 0 Å². The van der Waals surface area contributed by atoms with Gasteiger partial charge in [-0.15, -0.1) is 12.4 Å². The van der Waals surface area contributed by atoms with E-state index in [2.05, 4.69) is 0 Å². The number of halogens is 5. The van der Waals surface area contributed by atoms with Crippen LogP contribution < -0.4 is 5.73 Å². The number of nitrogens with two attached hydrogens (primary N) is 1. The Morgan fingerprint density at radius 1 is 1.33 bits per heavy atom. The first-order chi connectivity index (χ1) is 7.79. The third kappa shape index (κ3) is 3.49. The zero-order valence-electron chi connectivity index (χ0n) is 9.59. The van der Waals surface area contributed by atoms with Gasteiger partial charge in [0.2, 0.25) is 0 Å². The van der Waals surface area contributed by atoms with Gasteiger partial charge >= 0.3 is 6.18 Å². The molecule has 0 fully saturated rings. The molecule has 0 heterocycles. The van der Waals surface area contributed by atoms with Crippen LogP contribution in [0.25, 0.3) is 0 Å². The maximum absolute atomic E-state index is 13.1. The number of benzene rings is 1. The summed E-state index contributed by atoms with van der Waals surface area (Å²) >= 11 is 0. The summed E-state index contributed by atoms with van der Waals surface area (Å²) in [6.07, 6.45) is -3.89. The molecule has 3 N–H and O–H groups in total. The fourth-order valence-corrected chi connectivity index (χ4v) is 1.66. The molecule has 0 saturated carbocycles. The molecule has 1 atom stereocenters. The molecule has 2 nitrogen and oxygen atoms in total. The Hall–Kier alpha value is -1.01. The summed E-state index contributed by atoms with van der Waals surface area (Å²) in [5, 5.41) is 9.38. The van der Waals surface area contributed by atoms with Crippen molar-refractivity contribution >= 4 is 12.4 Å². The SMILES string of the molecule is CCC[C@@H](N)c1c(C(F)(F)F)ccc(F)c1O.Cl. The van der Waals surface area contributed by atoms with Crippen LogP contribution in [0.3, 0.4) is 0 Å². The smallest absolute Gasteiger partial charge is 0.416 e. The summed E-state index contributed by atoms with van der Waals surface area (Å²) in [4.78, 5) is 0. The van der Waals surface area contributed by atoms with Gasteiger partial charge in [0.1, 0.15) is 0 Å². The van der Waals surface area contributed by atoms with E-state index < -0.39 is 34.9 Å². The molecule has 18 heavy (non-hydrogen) atoms. The number of rotatable bonds is 3. The van der Waals surface area contributed by atoms with Gasteiger partial charge in [-0.05, 0) is 18.6 Å². The first kappa shape index (κ1) is 17.0. The molecular weight excluding hydrogens is 274 g/mol. The second-order valence-corrected chi connectivity index (χ2v) is 3.75. The summed E-state index contributed by atoms with van der Waals surface area (Å²) in [7, 11) is 0. The van der Waals surface area contributed by atoms with E-state index in [1.165, 1.54) is 0 Å². The Balaban J connectivity index is 0.00000289. The van der Waals surface area contributed by atoms with Crippen LogP contribution in [0, 0.1) is 5.82 Å². The van der Waals surface area contributed by atoms with Crippen molar-refractivity contribution < 1.29 is 22.7 Å². The predicted octanol–water partition coefficient (Wildman–Crippen LogP) is 3.77. The lowest BCUT2D eigenvalue weighted by molar-refractivity contribution is -0.138. The van der Waals surface area contributed by atoms with Crippen molar-refractivity contribution in [3.63, 3.8) is 0 Å². The monoisotopic (exact) mass is 287 g/mol. The van der Waals surface area contributed by atoms with E-state index in [9.17, 15) is 22.7 Å². The van der Waals surface area contributed by atoms with Crippen molar-refractivity contribution in [2.75, 3.05) is 0 Å². The van der Waals surface area contributed by atoms with Gasteiger partial charge in [0.05, 0.1) is 5.56 Å². The van der Waals surface area contributed by atoms with Crippen LogP contribution in [0.15, 0.2) is 12.1 Å². The zero-order valence-corrected chi connectivity index (χ0v) is 10.4. The molecule has 0 aliphatic heterocycles. The minimum absolute atomic E-state index is 0. The minimum Gasteiger partial charge on any atom is -0.505 e. The van der Waals surface area contributed by atoms with Gasteiger partial charge in [-0.25, -0.2) is 4.39 Å². The fraction of sp³-hybridized carbons (Fsp3) is 0.455. The number of hydrogen-bond acceptors (Lipinski definition) is 2. The molecule has 0 radical (unpaired) electrons. The first-order valence-electron chi connectivity index (χ1n) is 5.13. The summed E-state index contributed by atoms with van der Waals surface area (Å²) < 4.78 is 51.1. The van der Waals surface area contributed by atoms with Crippen LogP contribution in [-0.4, -0.2) is 5.11 Å². The molecule has 0 bridgehead atoms. The maximum Gasteiger partial charge on any atom is 0.416 e. The fourth-order valence-electron chi connectivity index (χ4n) is 1.66. The Bertz CT molecular complexity index is 409. The third-order valence-corrected chi connectivity index (χ3v) is 2.44. The Morgan fingerprint density at radius 3 is 2.33 bits per heavy atom. The van der Waals surface area contributed by atoms with Gasteiger partial charge in [0.15, 0.2) is 11.6 Å². The van der Waals surface area contributed by atoms with Crippen molar-refractivity contribution in [2.45, 2.75) is 32.0 Å². The summed E-state index contributed by atoms with van der Waals surface area (Å²) in [6.45, 7) is 1.74. The highest BCUT2D eigenvalue weighted by Crippen LogP contribution is 2.40. The number of phenolic OH excluding ortho intramolecular Hbond substituents is 1. The van der Waals surface area contributed by atoms with Crippen molar-refractivity contribution in [1.82, 2.24) is 0 Å². The van der Waals surface area contributed by atoms with E-state index in [1.807, 2.05) is 0 Å². The molecule has 0 aromatic heterocycles. The molecule has 0 aliphatic carbocycles. The number of hydrogen-bond donors (Lipinski definition) is 2. The van der Waals surface area contributed by atoms with Gasteiger partial charge in [-0.2, -0.15) is 13.2 Å². The standard InChI is InChI=1S/C11H13F4NO.ClH/c1-2-3-8(16)9-6(11(13,14)15)4-5-7(12)10(9)17;/h4-5,8,17H,2-3,16H2,1H3;1H/t8-;/m1./s1. The molecule has 0 amide bonds. The number of phenols is 1. The highest BCUT2D eigenvalue weighted by molar-refractivity contribution is 5.85. The molecule has 104 valence electrons. The van der Waals surface area contributed by atoms with Crippen LogP contribution in [0.2, 0.25) is 0 Å². The lowest BCUT2D eigenvalue weighted by atomic mass is 9.96. The normalized spacial score (nSPS) is 13.0. The van der Waals surface area contributed by atoms with Crippen LogP contribution >= 0.6 is 12.4 Å². The summed E-state index contributed by atoms with van der Waals surface area (Å²) in [6, 6.07) is 0.146. The molecule has 1 rings (SSSR count). The molecule has 0 saturated heterocycles. The minimum atomic E-state index is -4.66. The average molecular weight is 288 g/mol. The maximum atomic E-state index is 13.1. The van der Waals surface area contributed by atoms with Crippen molar-refractivity contribution in [3.05, 3.63) is 29.1 Å². The van der Waals surface area contributed by atoms with Crippen molar-refractivity contribution in [1.29, 1.82) is 0 Å². The lowest BCUT2D eigenvalue weighted by Crippen LogP contribution is -2.18. The Kier molecular flexibility index (Phi) is 5.89. The molecule has 1 aromatic carbocycles. The van der Waals surface area contributed by atoms with Crippen LogP contribution in [0.4, 0.5) is 17.6 Å². The number of aromatic hydroxyl groups is 1. The van der Waals surface area contributed by atoms with E-state index >= 15 is 0 Å². The van der Waals surface area contributed by atoms with Crippen LogP contribution in [0.1, 0.15) is 36.9 Å². The predicted molar refractivity (Wildman–Crippen MR) is 62.2 cm³/mol. The topological polar surface area (TPSA) is 46.2 Å². The van der Waals surface area contributed by atoms with Gasteiger partial charge in [-0.1, -0.05) is 13.3 Å². The summed E-state index contributed by atoms with van der Waals surface area (Å²) in [5.41, 5.74) is 3.89. The second kappa shape index (κ2) is 6.24. The van der Waals surface area contributed by atoms with Crippen LogP contribution in [0.5, 0.6) is 5.75 Å². The lowest BCUT2D eigenvalue weighted by Gasteiger charge is -2.19. The van der Waals surface area contributed by atoms with Crippen molar-refractivity contribution in [3.8, 4) is 5.75 Å². The first-order valence-corrected chi connectivity index (χ1v) is 5.13. The van der Waals surface area contributed by atoms with Gasteiger partial charge < -0.3 is 10.8 Å². The average Bonchev–Trinajstić information content (AvgIpc) is 2.20. The zero-order chi connectivity index (χ0) is 13.2. The molecule has 7 heteroatoms.